The van der Waals surface area contributed by atoms with Crippen LogP contribution in [-0.2, 0) is 19.6 Å². The van der Waals surface area contributed by atoms with Crippen LogP contribution in [0.4, 0.5) is 0 Å². The Labute approximate surface area is 163 Å². The standard InChI is InChI=1S/C20H21NO6S/c1-14-9-11-16(12-10-14)28(25,26)21-13-5-8-17(18(21)19(22)23)27-20(24)15-6-3-2-4-7-15/h2-4,6-7,9-12,17-18H,5,8,13H2,1H3,(H,22,23)/t17-,18+/m0/s1. The zero-order valence-electron chi connectivity index (χ0n) is 15.3. The fraction of sp³-hybridized carbons (Fsp3) is 0.300. The maximum absolute atomic E-state index is 13.0. The van der Waals surface area contributed by atoms with Gasteiger partial charge in [0.2, 0.25) is 10.0 Å². The number of aliphatic carboxylic acids is 1. The second-order valence-corrected chi connectivity index (χ2v) is 8.55. The van der Waals surface area contributed by atoms with Crippen LogP contribution in [0.2, 0.25) is 0 Å². The fourth-order valence-corrected chi connectivity index (χ4v) is 4.88. The number of benzene rings is 2. The molecule has 0 unspecified atom stereocenters. The largest absolute Gasteiger partial charge is 0.480 e. The highest BCUT2D eigenvalue weighted by atomic mass is 32.2. The van der Waals surface area contributed by atoms with Gasteiger partial charge in [-0.25, -0.2) is 13.2 Å². The molecule has 1 aliphatic heterocycles. The summed E-state index contributed by atoms with van der Waals surface area (Å²) in [4.78, 5) is 24.3. The number of carboxylic acids is 1. The minimum absolute atomic E-state index is 0.0133. The van der Waals surface area contributed by atoms with Crippen molar-refractivity contribution < 1.29 is 27.9 Å². The van der Waals surface area contributed by atoms with Gasteiger partial charge in [-0.05, 0) is 44.0 Å². The van der Waals surface area contributed by atoms with Gasteiger partial charge < -0.3 is 9.84 Å². The van der Waals surface area contributed by atoms with E-state index in [1.807, 2.05) is 6.92 Å². The molecule has 2 aromatic rings. The first-order chi connectivity index (χ1) is 13.3. The molecule has 148 valence electrons. The summed E-state index contributed by atoms with van der Waals surface area (Å²) in [5.74, 6) is -2.02. The predicted octanol–water partition coefficient (Wildman–Crippen LogP) is 2.46. The minimum atomic E-state index is -4.05. The highest BCUT2D eigenvalue weighted by Gasteiger charge is 2.45. The third-order valence-electron chi connectivity index (χ3n) is 4.68. The molecule has 1 saturated heterocycles. The van der Waals surface area contributed by atoms with E-state index in [-0.39, 0.29) is 23.4 Å². The number of esters is 1. The Morgan fingerprint density at radius 1 is 1.07 bits per heavy atom. The summed E-state index contributed by atoms with van der Waals surface area (Å²) >= 11 is 0. The van der Waals surface area contributed by atoms with Gasteiger partial charge in [-0.3, -0.25) is 4.79 Å². The van der Waals surface area contributed by atoms with E-state index in [9.17, 15) is 23.1 Å². The molecular formula is C20H21NO6S. The van der Waals surface area contributed by atoms with Gasteiger partial charge in [-0.1, -0.05) is 35.9 Å². The van der Waals surface area contributed by atoms with E-state index in [4.69, 9.17) is 4.74 Å². The Bertz CT molecular complexity index is 956. The number of carbonyl (C=O) groups excluding carboxylic acids is 1. The second kappa shape index (κ2) is 8.12. The topological polar surface area (TPSA) is 101 Å². The molecule has 1 N–H and O–H groups in total. The summed E-state index contributed by atoms with van der Waals surface area (Å²) in [5, 5.41) is 9.72. The number of rotatable bonds is 5. The van der Waals surface area contributed by atoms with Crippen molar-refractivity contribution in [2.24, 2.45) is 0 Å². The molecule has 0 saturated carbocycles. The zero-order valence-corrected chi connectivity index (χ0v) is 16.1. The average Bonchev–Trinajstić information content (AvgIpc) is 2.68. The Balaban J connectivity index is 1.89. The maximum Gasteiger partial charge on any atom is 0.338 e. The smallest absolute Gasteiger partial charge is 0.338 e. The number of carbonyl (C=O) groups is 2. The molecule has 0 radical (unpaired) electrons. The van der Waals surface area contributed by atoms with Crippen molar-refractivity contribution in [2.45, 2.75) is 36.8 Å². The van der Waals surface area contributed by atoms with Gasteiger partial charge in [0.15, 0.2) is 6.04 Å². The van der Waals surface area contributed by atoms with Crippen LogP contribution < -0.4 is 0 Å². The molecular weight excluding hydrogens is 382 g/mol. The number of hydrogen-bond donors (Lipinski definition) is 1. The lowest BCUT2D eigenvalue weighted by Crippen LogP contribution is -2.56. The summed E-state index contributed by atoms with van der Waals surface area (Å²) in [7, 11) is -4.05. The predicted molar refractivity (Wildman–Crippen MR) is 101 cm³/mol. The van der Waals surface area contributed by atoms with E-state index in [0.717, 1.165) is 9.87 Å². The van der Waals surface area contributed by atoms with Crippen LogP contribution in [0.15, 0.2) is 59.5 Å². The Morgan fingerprint density at radius 3 is 2.32 bits per heavy atom. The van der Waals surface area contributed by atoms with Gasteiger partial charge in [0, 0.05) is 6.54 Å². The van der Waals surface area contributed by atoms with Gasteiger partial charge in [0.1, 0.15) is 6.10 Å². The van der Waals surface area contributed by atoms with Crippen LogP contribution in [0.25, 0.3) is 0 Å². The third-order valence-corrected chi connectivity index (χ3v) is 6.57. The van der Waals surface area contributed by atoms with E-state index in [2.05, 4.69) is 0 Å². The van der Waals surface area contributed by atoms with Gasteiger partial charge >= 0.3 is 11.9 Å². The van der Waals surface area contributed by atoms with Gasteiger partial charge in [-0.15, -0.1) is 0 Å². The number of hydrogen-bond acceptors (Lipinski definition) is 5. The molecule has 1 fully saturated rings. The van der Waals surface area contributed by atoms with E-state index >= 15 is 0 Å². The Kier molecular flexibility index (Phi) is 5.81. The fourth-order valence-electron chi connectivity index (χ4n) is 3.23. The molecule has 2 aromatic carbocycles. The summed E-state index contributed by atoms with van der Waals surface area (Å²) in [6.07, 6.45) is -0.406. The monoisotopic (exact) mass is 403 g/mol. The van der Waals surface area contributed by atoms with E-state index in [1.54, 1.807) is 42.5 Å². The minimum Gasteiger partial charge on any atom is -0.480 e. The molecule has 8 heteroatoms. The molecule has 1 aliphatic rings. The van der Waals surface area contributed by atoms with Crippen LogP contribution in [0.5, 0.6) is 0 Å². The first-order valence-electron chi connectivity index (χ1n) is 8.88. The first-order valence-corrected chi connectivity index (χ1v) is 10.3. The molecule has 0 aromatic heterocycles. The van der Waals surface area contributed by atoms with Crippen molar-refractivity contribution in [2.75, 3.05) is 6.54 Å². The summed E-state index contributed by atoms with van der Waals surface area (Å²) < 4.78 is 32.4. The van der Waals surface area contributed by atoms with Crippen LogP contribution in [0, 0.1) is 6.92 Å². The van der Waals surface area contributed by atoms with Crippen LogP contribution >= 0.6 is 0 Å². The van der Waals surface area contributed by atoms with Crippen molar-refractivity contribution in [1.82, 2.24) is 4.31 Å². The van der Waals surface area contributed by atoms with Crippen molar-refractivity contribution in [3.05, 3.63) is 65.7 Å². The SMILES string of the molecule is Cc1ccc(S(=O)(=O)N2CCC[C@H](OC(=O)c3ccccc3)[C@@H]2C(=O)O)cc1. The molecule has 0 aliphatic carbocycles. The van der Waals surface area contributed by atoms with E-state index < -0.39 is 34.1 Å². The summed E-state index contributed by atoms with van der Waals surface area (Å²) in [5.41, 5.74) is 1.17. The Morgan fingerprint density at radius 2 is 1.71 bits per heavy atom. The van der Waals surface area contributed by atoms with E-state index in [0.29, 0.717) is 6.42 Å². The number of sulfonamides is 1. The van der Waals surface area contributed by atoms with Crippen molar-refractivity contribution in [1.29, 1.82) is 0 Å². The molecule has 2 atom stereocenters. The lowest BCUT2D eigenvalue weighted by atomic mass is 10.0. The van der Waals surface area contributed by atoms with Gasteiger partial charge in [0.05, 0.1) is 10.5 Å². The molecule has 0 bridgehead atoms. The molecule has 7 nitrogen and oxygen atoms in total. The molecule has 3 rings (SSSR count). The number of aryl methyl sites for hydroxylation is 1. The molecule has 0 spiro atoms. The summed E-state index contributed by atoms with van der Waals surface area (Å²) in [6.45, 7) is 1.88. The maximum atomic E-state index is 13.0. The zero-order chi connectivity index (χ0) is 20.3. The quantitative estimate of drug-likeness (QED) is 0.770. The van der Waals surface area contributed by atoms with Crippen molar-refractivity contribution in [3.63, 3.8) is 0 Å². The first kappa shape index (κ1) is 20.0. The van der Waals surface area contributed by atoms with Gasteiger partial charge in [0.25, 0.3) is 0 Å². The highest BCUT2D eigenvalue weighted by Crippen LogP contribution is 2.28. The second-order valence-electron chi connectivity index (χ2n) is 6.66. The number of ether oxygens (including phenoxy) is 1. The average molecular weight is 403 g/mol. The van der Waals surface area contributed by atoms with Crippen LogP contribution in [0.3, 0.4) is 0 Å². The lowest BCUT2D eigenvalue weighted by Gasteiger charge is -2.37. The molecule has 0 amide bonds. The number of piperidine rings is 1. The Hall–Kier alpha value is -2.71. The van der Waals surface area contributed by atoms with Crippen molar-refractivity contribution >= 4 is 22.0 Å². The molecule has 1 heterocycles. The molecule has 28 heavy (non-hydrogen) atoms. The number of carboxylic acid groups (broad SMARTS) is 1. The lowest BCUT2D eigenvalue weighted by molar-refractivity contribution is -0.147. The normalized spacial score (nSPS) is 20.5. The third kappa shape index (κ3) is 4.07. The van der Waals surface area contributed by atoms with Crippen LogP contribution in [-0.4, -0.2) is 48.5 Å². The highest BCUT2D eigenvalue weighted by molar-refractivity contribution is 7.89. The van der Waals surface area contributed by atoms with Crippen molar-refractivity contribution in [3.8, 4) is 0 Å². The van der Waals surface area contributed by atoms with Gasteiger partial charge in [-0.2, -0.15) is 4.31 Å². The van der Waals surface area contributed by atoms with Crippen LogP contribution in [0.1, 0.15) is 28.8 Å². The number of nitrogens with zero attached hydrogens (tertiary/aromatic N) is 1. The summed E-state index contributed by atoms with van der Waals surface area (Å²) in [6, 6.07) is 12.9. The van der Waals surface area contributed by atoms with E-state index in [1.165, 1.54) is 12.1 Å².